The molecule has 132 valence electrons. The molecule has 0 fully saturated rings. The van der Waals surface area contributed by atoms with Gasteiger partial charge < -0.3 is 13.7 Å². The summed E-state index contributed by atoms with van der Waals surface area (Å²) in [4.78, 5) is 11.7. The lowest BCUT2D eigenvalue weighted by molar-refractivity contribution is -0.147. The molecule has 0 aliphatic rings. The maximum atomic E-state index is 12.8. The highest BCUT2D eigenvalue weighted by Crippen LogP contribution is 2.31. The number of rotatable bonds is 4. The van der Waals surface area contributed by atoms with Crippen LogP contribution in [-0.2, 0) is 19.0 Å². The standard InChI is InChI=1S/C15H12F3N3O3S/c1-21-13(15(16,17)18)19-20-14(21)25-7-8-5-12(22)24-11-6-9(23-2)3-4-10(8)11/h3-6H,7H2,1-2H3. The summed E-state index contributed by atoms with van der Waals surface area (Å²) in [6.07, 6.45) is -4.57. The van der Waals surface area contributed by atoms with Crippen LogP contribution in [0.3, 0.4) is 0 Å². The molecule has 0 atom stereocenters. The summed E-state index contributed by atoms with van der Waals surface area (Å²) in [6, 6.07) is 6.32. The van der Waals surface area contributed by atoms with Gasteiger partial charge in [-0.2, -0.15) is 13.2 Å². The van der Waals surface area contributed by atoms with E-state index < -0.39 is 17.6 Å². The van der Waals surface area contributed by atoms with Crippen LogP contribution in [0.25, 0.3) is 11.0 Å². The first-order valence-corrected chi connectivity index (χ1v) is 7.98. The Balaban J connectivity index is 1.91. The van der Waals surface area contributed by atoms with Crippen molar-refractivity contribution >= 4 is 22.7 Å². The minimum absolute atomic E-state index is 0.0993. The van der Waals surface area contributed by atoms with Crippen LogP contribution in [0, 0.1) is 0 Å². The molecule has 1 aromatic carbocycles. The second kappa shape index (κ2) is 6.43. The lowest BCUT2D eigenvalue weighted by Gasteiger charge is -2.08. The number of ether oxygens (including phenoxy) is 1. The molecule has 0 saturated carbocycles. The molecule has 25 heavy (non-hydrogen) atoms. The van der Waals surface area contributed by atoms with Gasteiger partial charge in [-0.15, -0.1) is 10.2 Å². The zero-order valence-corrected chi connectivity index (χ0v) is 13.9. The zero-order chi connectivity index (χ0) is 18.2. The van der Waals surface area contributed by atoms with Crippen LogP contribution in [0.1, 0.15) is 11.4 Å². The molecule has 3 rings (SSSR count). The third-order valence-electron chi connectivity index (χ3n) is 3.48. The Hall–Kier alpha value is -2.49. The molecule has 0 radical (unpaired) electrons. The van der Waals surface area contributed by atoms with Crippen molar-refractivity contribution in [3.05, 3.63) is 46.1 Å². The average molecular weight is 371 g/mol. The second-order valence-corrected chi connectivity index (χ2v) is 6.05. The molecule has 3 aromatic rings. The van der Waals surface area contributed by atoms with E-state index in [1.165, 1.54) is 20.2 Å². The number of fused-ring (bicyclic) bond motifs is 1. The minimum atomic E-state index is -4.57. The molecule has 10 heteroatoms. The predicted molar refractivity (Wildman–Crippen MR) is 84.6 cm³/mol. The fourth-order valence-electron chi connectivity index (χ4n) is 2.29. The number of benzene rings is 1. The normalized spacial score (nSPS) is 11.9. The van der Waals surface area contributed by atoms with Crippen molar-refractivity contribution in [2.75, 3.05) is 7.11 Å². The van der Waals surface area contributed by atoms with E-state index in [1.807, 2.05) is 0 Å². The third kappa shape index (κ3) is 3.48. The lowest BCUT2D eigenvalue weighted by atomic mass is 10.1. The van der Waals surface area contributed by atoms with E-state index >= 15 is 0 Å². The summed E-state index contributed by atoms with van der Waals surface area (Å²) in [5.74, 6) is -0.307. The molecule has 0 amide bonds. The minimum Gasteiger partial charge on any atom is -0.497 e. The molecule has 0 bridgehead atoms. The van der Waals surface area contributed by atoms with Crippen molar-refractivity contribution < 1.29 is 22.3 Å². The van der Waals surface area contributed by atoms with Crippen LogP contribution in [0.15, 0.2) is 38.6 Å². The van der Waals surface area contributed by atoms with Crippen molar-refractivity contribution in [1.29, 1.82) is 0 Å². The molecule has 0 unspecified atom stereocenters. The van der Waals surface area contributed by atoms with Crippen LogP contribution < -0.4 is 10.4 Å². The highest BCUT2D eigenvalue weighted by atomic mass is 32.2. The maximum Gasteiger partial charge on any atom is 0.451 e. The number of halogens is 3. The first-order chi connectivity index (χ1) is 11.8. The van der Waals surface area contributed by atoms with Gasteiger partial charge in [0.05, 0.1) is 7.11 Å². The largest absolute Gasteiger partial charge is 0.497 e. The Morgan fingerprint density at radius 1 is 1.28 bits per heavy atom. The Morgan fingerprint density at radius 3 is 2.68 bits per heavy atom. The van der Waals surface area contributed by atoms with Gasteiger partial charge >= 0.3 is 11.8 Å². The van der Waals surface area contributed by atoms with Crippen LogP contribution in [-0.4, -0.2) is 21.9 Å². The number of hydrogen-bond donors (Lipinski definition) is 0. The number of aromatic nitrogens is 3. The molecule has 6 nitrogen and oxygen atoms in total. The SMILES string of the molecule is COc1ccc2c(CSc3nnc(C(F)(F)F)n3C)cc(=O)oc2c1. The molecule has 2 heterocycles. The van der Waals surface area contributed by atoms with E-state index in [4.69, 9.17) is 9.15 Å². The Bertz CT molecular complexity index is 982. The number of hydrogen-bond acceptors (Lipinski definition) is 6. The average Bonchev–Trinajstić information content (AvgIpc) is 2.92. The number of nitrogens with zero attached hydrogens (tertiary/aromatic N) is 3. The van der Waals surface area contributed by atoms with Crippen LogP contribution >= 0.6 is 11.8 Å². The molecular weight excluding hydrogens is 359 g/mol. The van der Waals surface area contributed by atoms with Crippen molar-refractivity contribution in [3.63, 3.8) is 0 Å². The fourth-order valence-corrected chi connectivity index (χ4v) is 3.19. The summed E-state index contributed by atoms with van der Waals surface area (Å²) < 4.78 is 49.4. The Kier molecular flexibility index (Phi) is 4.46. The van der Waals surface area contributed by atoms with E-state index in [-0.39, 0.29) is 10.9 Å². The molecular formula is C15H12F3N3O3S. The molecule has 0 saturated heterocycles. The molecule has 0 spiro atoms. The van der Waals surface area contributed by atoms with Gasteiger partial charge in [-0.1, -0.05) is 11.8 Å². The van der Waals surface area contributed by atoms with E-state index in [9.17, 15) is 18.0 Å². The van der Waals surface area contributed by atoms with E-state index in [2.05, 4.69) is 10.2 Å². The number of alkyl halides is 3. The topological polar surface area (TPSA) is 70.2 Å². The van der Waals surface area contributed by atoms with E-state index in [1.54, 1.807) is 18.2 Å². The third-order valence-corrected chi connectivity index (χ3v) is 4.55. The molecule has 0 aliphatic heterocycles. The van der Waals surface area contributed by atoms with Gasteiger partial charge in [0, 0.05) is 30.3 Å². The van der Waals surface area contributed by atoms with Gasteiger partial charge in [0.25, 0.3) is 0 Å². The molecule has 0 N–H and O–H groups in total. The van der Waals surface area contributed by atoms with Crippen LogP contribution in [0.2, 0.25) is 0 Å². The summed E-state index contributed by atoms with van der Waals surface area (Å²) >= 11 is 1.05. The van der Waals surface area contributed by atoms with Crippen molar-refractivity contribution in [2.24, 2.45) is 7.05 Å². The van der Waals surface area contributed by atoms with Gasteiger partial charge in [0.2, 0.25) is 5.82 Å². The first-order valence-electron chi connectivity index (χ1n) is 7.00. The van der Waals surface area contributed by atoms with Gasteiger partial charge in [-0.05, 0) is 17.7 Å². The predicted octanol–water partition coefficient (Wildman–Crippen LogP) is 3.24. The zero-order valence-electron chi connectivity index (χ0n) is 13.1. The highest BCUT2D eigenvalue weighted by molar-refractivity contribution is 7.98. The van der Waals surface area contributed by atoms with E-state index in [0.717, 1.165) is 16.3 Å². The van der Waals surface area contributed by atoms with Crippen molar-refractivity contribution in [3.8, 4) is 5.75 Å². The van der Waals surface area contributed by atoms with Crippen LogP contribution in [0.4, 0.5) is 13.2 Å². The van der Waals surface area contributed by atoms with Gasteiger partial charge in [0.15, 0.2) is 5.16 Å². The Labute approximate surface area is 143 Å². The van der Waals surface area contributed by atoms with E-state index in [0.29, 0.717) is 22.3 Å². The van der Waals surface area contributed by atoms with Crippen molar-refractivity contribution in [1.82, 2.24) is 14.8 Å². The first kappa shape index (κ1) is 17.3. The highest BCUT2D eigenvalue weighted by Gasteiger charge is 2.37. The second-order valence-electron chi connectivity index (χ2n) is 5.10. The Morgan fingerprint density at radius 2 is 2.04 bits per heavy atom. The van der Waals surface area contributed by atoms with Crippen molar-refractivity contribution in [2.45, 2.75) is 17.1 Å². The fraction of sp³-hybridized carbons (Fsp3) is 0.267. The smallest absolute Gasteiger partial charge is 0.451 e. The molecule has 0 aliphatic carbocycles. The van der Waals surface area contributed by atoms with Gasteiger partial charge in [-0.3, -0.25) is 0 Å². The maximum absolute atomic E-state index is 12.8. The van der Waals surface area contributed by atoms with Gasteiger partial charge in [-0.25, -0.2) is 4.79 Å². The number of thioether (sulfide) groups is 1. The summed E-state index contributed by atoms with van der Waals surface area (Å²) in [7, 11) is 2.73. The monoisotopic (exact) mass is 371 g/mol. The van der Waals surface area contributed by atoms with Gasteiger partial charge in [0.1, 0.15) is 11.3 Å². The summed E-state index contributed by atoms with van der Waals surface area (Å²) in [6.45, 7) is 0. The summed E-state index contributed by atoms with van der Waals surface area (Å²) in [5, 5.41) is 7.51. The summed E-state index contributed by atoms with van der Waals surface area (Å²) in [5.41, 5.74) is 0.414. The number of methoxy groups -OCH3 is 1. The lowest BCUT2D eigenvalue weighted by Crippen LogP contribution is -2.13. The van der Waals surface area contributed by atoms with Crippen LogP contribution in [0.5, 0.6) is 5.75 Å². The molecule has 2 aromatic heterocycles. The quantitative estimate of drug-likeness (QED) is 0.518.